The zero-order valence-electron chi connectivity index (χ0n) is 7.37. The van der Waals surface area contributed by atoms with Gasteiger partial charge in [-0.05, 0) is 17.5 Å². The van der Waals surface area contributed by atoms with Crippen molar-refractivity contribution in [1.29, 1.82) is 0 Å². The molecule has 0 aliphatic heterocycles. The summed E-state index contributed by atoms with van der Waals surface area (Å²) in [6.07, 6.45) is 1.62. The number of pyridine rings is 1. The molecule has 0 unspecified atom stereocenters. The van der Waals surface area contributed by atoms with Crippen molar-refractivity contribution < 1.29 is 0 Å². The minimum Gasteiger partial charge on any atom is -0.329 e. The van der Waals surface area contributed by atoms with Gasteiger partial charge in [0.25, 0.3) is 0 Å². The van der Waals surface area contributed by atoms with Gasteiger partial charge in [0.05, 0.1) is 0 Å². The highest BCUT2D eigenvalue weighted by molar-refractivity contribution is 5.14. The van der Waals surface area contributed by atoms with E-state index in [1.807, 2.05) is 19.9 Å². The predicted molar refractivity (Wildman–Crippen MR) is 48.8 cm³/mol. The van der Waals surface area contributed by atoms with Crippen LogP contribution < -0.4 is 11.3 Å². The molecule has 0 fully saturated rings. The standard InChI is InChI=1S/C9H14N2O/c1-6(2)9(10)7-3-4-11-8(12)5-7/h3-6,9H,10H2,1-2H3,(H,11,12)/t9-/m1/s1. The van der Waals surface area contributed by atoms with Crippen LogP contribution in [0.5, 0.6) is 0 Å². The lowest BCUT2D eigenvalue weighted by Gasteiger charge is -2.14. The van der Waals surface area contributed by atoms with Crippen LogP contribution >= 0.6 is 0 Å². The fourth-order valence-electron chi connectivity index (χ4n) is 1.05. The normalized spacial score (nSPS) is 13.3. The maximum Gasteiger partial charge on any atom is 0.248 e. The average molecular weight is 166 g/mol. The van der Waals surface area contributed by atoms with Crippen LogP contribution in [0.1, 0.15) is 25.5 Å². The molecule has 0 bridgehead atoms. The fraction of sp³-hybridized carbons (Fsp3) is 0.444. The van der Waals surface area contributed by atoms with Gasteiger partial charge in [-0.3, -0.25) is 4.79 Å². The molecule has 0 spiro atoms. The van der Waals surface area contributed by atoms with E-state index in [4.69, 9.17) is 5.73 Å². The van der Waals surface area contributed by atoms with Crippen molar-refractivity contribution in [3.63, 3.8) is 0 Å². The van der Waals surface area contributed by atoms with Crippen molar-refractivity contribution in [2.24, 2.45) is 11.7 Å². The molecule has 0 aliphatic rings. The highest BCUT2D eigenvalue weighted by atomic mass is 16.1. The van der Waals surface area contributed by atoms with Crippen molar-refractivity contribution >= 4 is 0 Å². The number of hydrogen-bond acceptors (Lipinski definition) is 2. The summed E-state index contributed by atoms with van der Waals surface area (Å²) in [5.41, 5.74) is 6.66. The van der Waals surface area contributed by atoms with E-state index >= 15 is 0 Å². The Morgan fingerprint density at radius 2 is 2.17 bits per heavy atom. The topological polar surface area (TPSA) is 58.9 Å². The Morgan fingerprint density at radius 1 is 1.50 bits per heavy atom. The van der Waals surface area contributed by atoms with Gasteiger partial charge in [0.2, 0.25) is 5.56 Å². The molecule has 0 aliphatic carbocycles. The van der Waals surface area contributed by atoms with Crippen molar-refractivity contribution in [2.75, 3.05) is 0 Å². The van der Waals surface area contributed by atoms with Crippen LogP contribution in [0.4, 0.5) is 0 Å². The van der Waals surface area contributed by atoms with Crippen LogP contribution in [0.15, 0.2) is 23.1 Å². The SMILES string of the molecule is CC(C)[C@@H](N)c1cc[nH]c(=O)c1. The molecule has 3 N–H and O–H groups in total. The summed E-state index contributed by atoms with van der Waals surface area (Å²) in [6.45, 7) is 4.07. The van der Waals surface area contributed by atoms with Crippen molar-refractivity contribution in [1.82, 2.24) is 4.98 Å². The molecule has 3 heteroatoms. The molecular weight excluding hydrogens is 152 g/mol. The van der Waals surface area contributed by atoms with Gasteiger partial charge in [-0.1, -0.05) is 13.8 Å². The summed E-state index contributed by atoms with van der Waals surface area (Å²) >= 11 is 0. The Bertz CT molecular complexity index is 303. The molecule has 12 heavy (non-hydrogen) atoms. The lowest BCUT2D eigenvalue weighted by atomic mass is 9.98. The quantitative estimate of drug-likeness (QED) is 0.689. The summed E-state index contributed by atoms with van der Waals surface area (Å²) in [4.78, 5) is 13.5. The van der Waals surface area contributed by atoms with Gasteiger partial charge in [0.15, 0.2) is 0 Å². The molecule has 0 saturated heterocycles. The van der Waals surface area contributed by atoms with Gasteiger partial charge in [0.1, 0.15) is 0 Å². The molecule has 1 aromatic heterocycles. The molecule has 0 radical (unpaired) electrons. The van der Waals surface area contributed by atoms with Gasteiger partial charge < -0.3 is 10.7 Å². The largest absolute Gasteiger partial charge is 0.329 e. The summed E-state index contributed by atoms with van der Waals surface area (Å²) in [7, 11) is 0. The number of nitrogens with one attached hydrogen (secondary N) is 1. The Labute approximate surface area is 71.6 Å². The van der Waals surface area contributed by atoms with E-state index in [2.05, 4.69) is 4.98 Å². The molecule has 0 amide bonds. The van der Waals surface area contributed by atoms with Crippen LogP contribution in [0, 0.1) is 5.92 Å². The second-order valence-electron chi connectivity index (χ2n) is 3.26. The number of H-pyrrole nitrogens is 1. The molecule has 1 aromatic rings. The van der Waals surface area contributed by atoms with E-state index in [0.717, 1.165) is 5.56 Å². The molecule has 3 nitrogen and oxygen atoms in total. The second-order valence-corrected chi connectivity index (χ2v) is 3.26. The third-order valence-electron chi connectivity index (χ3n) is 1.90. The zero-order valence-corrected chi connectivity index (χ0v) is 7.37. The number of nitrogens with two attached hydrogens (primary N) is 1. The van der Waals surface area contributed by atoms with E-state index in [1.165, 1.54) is 0 Å². The zero-order chi connectivity index (χ0) is 9.14. The third-order valence-corrected chi connectivity index (χ3v) is 1.90. The molecular formula is C9H14N2O. The summed E-state index contributed by atoms with van der Waals surface area (Å²) < 4.78 is 0. The van der Waals surface area contributed by atoms with Crippen LogP contribution in [0.2, 0.25) is 0 Å². The Morgan fingerprint density at radius 3 is 2.67 bits per heavy atom. The number of rotatable bonds is 2. The maximum atomic E-state index is 10.9. The van der Waals surface area contributed by atoms with E-state index in [9.17, 15) is 4.79 Å². The highest BCUT2D eigenvalue weighted by Gasteiger charge is 2.09. The lowest BCUT2D eigenvalue weighted by molar-refractivity contribution is 0.513. The predicted octanol–water partition coefficient (Wildman–Crippen LogP) is 1.03. The lowest BCUT2D eigenvalue weighted by Crippen LogP contribution is -2.19. The second kappa shape index (κ2) is 3.54. The summed E-state index contributed by atoms with van der Waals surface area (Å²) in [5, 5.41) is 0. The van der Waals surface area contributed by atoms with E-state index < -0.39 is 0 Å². The van der Waals surface area contributed by atoms with Crippen LogP contribution in [0.25, 0.3) is 0 Å². The number of aromatic amines is 1. The first-order valence-electron chi connectivity index (χ1n) is 4.05. The summed E-state index contributed by atoms with van der Waals surface area (Å²) in [6, 6.07) is 3.34. The molecule has 66 valence electrons. The van der Waals surface area contributed by atoms with Crippen molar-refractivity contribution in [3.8, 4) is 0 Å². The molecule has 1 atom stereocenters. The molecule has 1 rings (SSSR count). The van der Waals surface area contributed by atoms with Crippen LogP contribution in [0.3, 0.4) is 0 Å². The average Bonchev–Trinajstić information content (AvgIpc) is 2.03. The van der Waals surface area contributed by atoms with Crippen molar-refractivity contribution in [2.45, 2.75) is 19.9 Å². The van der Waals surface area contributed by atoms with E-state index in [1.54, 1.807) is 12.3 Å². The van der Waals surface area contributed by atoms with Gasteiger partial charge >= 0.3 is 0 Å². The number of hydrogen-bond donors (Lipinski definition) is 2. The van der Waals surface area contributed by atoms with Crippen LogP contribution in [-0.4, -0.2) is 4.98 Å². The smallest absolute Gasteiger partial charge is 0.248 e. The maximum absolute atomic E-state index is 10.9. The van der Waals surface area contributed by atoms with E-state index in [-0.39, 0.29) is 11.6 Å². The van der Waals surface area contributed by atoms with Gasteiger partial charge in [0, 0.05) is 18.3 Å². The number of aromatic nitrogens is 1. The third kappa shape index (κ3) is 1.95. The summed E-state index contributed by atoms with van der Waals surface area (Å²) in [5.74, 6) is 0.354. The fourth-order valence-corrected chi connectivity index (χ4v) is 1.05. The first-order valence-corrected chi connectivity index (χ1v) is 4.05. The molecule has 0 aromatic carbocycles. The minimum atomic E-state index is -0.0939. The van der Waals surface area contributed by atoms with Gasteiger partial charge in [-0.25, -0.2) is 0 Å². The Hall–Kier alpha value is -1.09. The van der Waals surface area contributed by atoms with Gasteiger partial charge in [-0.15, -0.1) is 0 Å². The Balaban J connectivity index is 2.95. The van der Waals surface area contributed by atoms with Crippen molar-refractivity contribution in [3.05, 3.63) is 34.2 Å². The van der Waals surface area contributed by atoms with Gasteiger partial charge in [-0.2, -0.15) is 0 Å². The monoisotopic (exact) mass is 166 g/mol. The minimum absolute atomic E-state index is 0.0488. The molecule has 0 saturated carbocycles. The van der Waals surface area contributed by atoms with E-state index in [0.29, 0.717) is 5.92 Å². The van der Waals surface area contributed by atoms with Crippen LogP contribution in [-0.2, 0) is 0 Å². The first kappa shape index (κ1) is 9.00. The Kier molecular flexibility index (Phi) is 2.65. The molecule has 1 heterocycles. The first-order chi connectivity index (χ1) is 5.61. The highest BCUT2D eigenvalue weighted by Crippen LogP contribution is 2.15.